The number of methoxy groups -OCH3 is 1. The highest BCUT2D eigenvalue weighted by Gasteiger charge is 2.26. The van der Waals surface area contributed by atoms with Gasteiger partial charge in [-0.3, -0.25) is 9.89 Å². The molecule has 2 aromatic rings. The van der Waals surface area contributed by atoms with Crippen molar-refractivity contribution in [3.05, 3.63) is 48.4 Å². The van der Waals surface area contributed by atoms with E-state index >= 15 is 0 Å². The van der Waals surface area contributed by atoms with Crippen LogP contribution >= 0.6 is 0 Å². The minimum absolute atomic E-state index is 0.242. The number of nitrogens with one attached hydrogen (secondary N) is 2. The number of nitrogens with zero attached hydrogens (tertiary/aromatic N) is 3. The third-order valence-corrected chi connectivity index (χ3v) is 6.40. The van der Waals surface area contributed by atoms with Crippen LogP contribution in [0.4, 0.5) is 5.69 Å². The lowest BCUT2D eigenvalue weighted by molar-refractivity contribution is 0.215. The van der Waals surface area contributed by atoms with Gasteiger partial charge in [-0.2, -0.15) is 0 Å². The van der Waals surface area contributed by atoms with Crippen molar-refractivity contribution < 1.29 is 9.15 Å². The maximum absolute atomic E-state index is 5.73. The van der Waals surface area contributed by atoms with Gasteiger partial charge < -0.3 is 24.7 Å². The Bertz CT molecular complexity index is 832. The van der Waals surface area contributed by atoms with Gasteiger partial charge in [-0.1, -0.05) is 6.07 Å². The lowest BCUT2D eigenvalue weighted by Crippen LogP contribution is -2.44. The first-order valence-corrected chi connectivity index (χ1v) is 11.4. The number of furan rings is 1. The summed E-state index contributed by atoms with van der Waals surface area (Å²) in [7, 11) is 3.55. The van der Waals surface area contributed by atoms with E-state index < -0.39 is 0 Å². The Hall–Kier alpha value is -2.67. The molecule has 2 aliphatic heterocycles. The highest BCUT2D eigenvalue weighted by Crippen LogP contribution is 2.27. The number of guanidine groups is 1. The summed E-state index contributed by atoms with van der Waals surface area (Å²) in [5.41, 5.74) is 1.23. The molecule has 1 aromatic carbocycles. The summed E-state index contributed by atoms with van der Waals surface area (Å²) in [4.78, 5) is 9.38. The molecule has 7 heteroatoms. The molecule has 2 fully saturated rings. The smallest absolute Gasteiger partial charge is 0.191 e. The molecular weight excluding hydrogens is 390 g/mol. The van der Waals surface area contributed by atoms with E-state index in [1.807, 2.05) is 19.2 Å². The largest absolute Gasteiger partial charge is 0.497 e. The molecule has 0 bridgehead atoms. The molecule has 0 saturated carbocycles. The predicted octanol–water partition coefficient (Wildman–Crippen LogP) is 3.12. The summed E-state index contributed by atoms with van der Waals surface area (Å²) < 4.78 is 11.1. The summed E-state index contributed by atoms with van der Waals surface area (Å²) in [6.07, 6.45) is 5.45. The van der Waals surface area contributed by atoms with Gasteiger partial charge >= 0.3 is 0 Å². The van der Waals surface area contributed by atoms with Crippen molar-refractivity contribution in [2.45, 2.75) is 25.3 Å². The van der Waals surface area contributed by atoms with Gasteiger partial charge in [0.2, 0.25) is 0 Å². The summed E-state index contributed by atoms with van der Waals surface area (Å²) >= 11 is 0. The average Bonchev–Trinajstić information content (AvgIpc) is 3.59. The standard InChI is InChI=1S/C24H35N5O2/c1-25-24(27-17-22(23-9-6-14-31-23)28-11-3-4-12-28)26-16-19-10-13-29(18-19)20-7-5-8-21(15-20)30-2/h5-9,14-15,19,22H,3-4,10-13,16-18H2,1-2H3,(H2,25,26,27). The molecule has 2 unspecified atom stereocenters. The molecule has 0 spiro atoms. The molecule has 0 aliphatic carbocycles. The van der Waals surface area contributed by atoms with E-state index in [9.17, 15) is 0 Å². The highest BCUT2D eigenvalue weighted by atomic mass is 16.5. The molecule has 7 nitrogen and oxygen atoms in total. The first kappa shape index (κ1) is 21.6. The Balaban J connectivity index is 1.26. The van der Waals surface area contributed by atoms with Crippen molar-refractivity contribution in [2.75, 3.05) is 58.3 Å². The summed E-state index contributed by atoms with van der Waals surface area (Å²) in [5, 5.41) is 7.06. The Labute approximate surface area is 185 Å². The zero-order valence-electron chi connectivity index (χ0n) is 18.7. The Morgan fingerprint density at radius 2 is 2.06 bits per heavy atom. The number of likely N-dealkylation sites (tertiary alicyclic amines) is 1. The molecule has 2 N–H and O–H groups in total. The Morgan fingerprint density at radius 3 is 2.81 bits per heavy atom. The van der Waals surface area contributed by atoms with E-state index in [1.165, 1.54) is 24.9 Å². The van der Waals surface area contributed by atoms with Gasteiger partial charge in [0, 0.05) is 45.0 Å². The van der Waals surface area contributed by atoms with Crippen LogP contribution in [0.15, 0.2) is 52.1 Å². The van der Waals surface area contributed by atoms with Crippen LogP contribution in [0.5, 0.6) is 5.75 Å². The van der Waals surface area contributed by atoms with Crippen LogP contribution in [-0.2, 0) is 0 Å². The van der Waals surface area contributed by atoms with Crippen LogP contribution in [0.25, 0.3) is 0 Å². The fourth-order valence-corrected chi connectivity index (χ4v) is 4.64. The van der Waals surface area contributed by atoms with Gasteiger partial charge in [0.15, 0.2) is 5.96 Å². The number of hydrogen-bond donors (Lipinski definition) is 2. The predicted molar refractivity (Wildman–Crippen MR) is 125 cm³/mol. The summed E-state index contributed by atoms with van der Waals surface area (Å²) in [6.45, 7) is 6.06. The van der Waals surface area contributed by atoms with Crippen molar-refractivity contribution in [1.82, 2.24) is 15.5 Å². The molecule has 168 valence electrons. The average molecular weight is 426 g/mol. The monoisotopic (exact) mass is 425 g/mol. The van der Waals surface area contributed by atoms with Crippen LogP contribution in [0.3, 0.4) is 0 Å². The van der Waals surface area contributed by atoms with Crippen molar-refractivity contribution in [2.24, 2.45) is 10.9 Å². The van der Waals surface area contributed by atoms with Crippen molar-refractivity contribution in [1.29, 1.82) is 0 Å². The molecule has 2 atom stereocenters. The fraction of sp³-hybridized carbons (Fsp3) is 0.542. The Morgan fingerprint density at radius 1 is 1.19 bits per heavy atom. The first-order chi connectivity index (χ1) is 15.3. The van der Waals surface area contributed by atoms with Gasteiger partial charge in [-0.15, -0.1) is 0 Å². The van der Waals surface area contributed by atoms with Crippen LogP contribution in [-0.4, -0.2) is 64.3 Å². The molecule has 31 heavy (non-hydrogen) atoms. The van der Waals surface area contributed by atoms with E-state index in [2.05, 4.69) is 49.7 Å². The van der Waals surface area contributed by atoms with E-state index in [0.29, 0.717) is 5.92 Å². The van der Waals surface area contributed by atoms with Gasteiger partial charge in [0.1, 0.15) is 11.5 Å². The molecule has 4 rings (SSSR count). The molecule has 1 aromatic heterocycles. The number of benzene rings is 1. The number of ether oxygens (including phenoxy) is 1. The van der Waals surface area contributed by atoms with E-state index in [-0.39, 0.29) is 6.04 Å². The molecule has 3 heterocycles. The Kier molecular flexibility index (Phi) is 7.35. The first-order valence-electron chi connectivity index (χ1n) is 11.4. The van der Waals surface area contributed by atoms with Crippen LogP contribution in [0, 0.1) is 5.92 Å². The van der Waals surface area contributed by atoms with Crippen LogP contribution in [0.2, 0.25) is 0 Å². The number of anilines is 1. The minimum Gasteiger partial charge on any atom is -0.497 e. The molecule has 0 amide bonds. The van der Waals surface area contributed by atoms with E-state index in [4.69, 9.17) is 9.15 Å². The van der Waals surface area contributed by atoms with Crippen molar-refractivity contribution in [3.8, 4) is 5.75 Å². The maximum atomic E-state index is 5.73. The molecule has 2 aliphatic rings. The van der Waals surface area contributed by atoms with E-state index in [1.54, 1.807) is 13.4 Å². The second-order valence-corrected chi connectivity index (χ2v) is 8.41. The van der Waals surface area contributed by atoms with Crippen LogP contribution < -0.4 is 20.3 Å². The second kappa shape index (κ2) is 10.6. The highest BCUT2D eigenvalue weighted by molar-refractivity contribution is 5.79. The fourth-order valence-electron chi connectivity index (χ4n) is 4.64. The van der Waals surface area contributed by atoms with Crippen molar-refractivity contribution in [3.63, 3.8) is 0 Å². The quantitative estimate of drug-likeness (QED) is 0.501. The molecule has 2 saturated heterocycles. The van der Waals surface area contributed by atoms with Crippen LogP contribution in [0.1, 0.15) is 31.1 Å². The number of aliphatic imine (C=N–C) groups is 1. The molecule has 0 radical (unpaired) electrons. The van der Waals surface area contributed by atoms with E-state index in [0.717, 1.165) is 56.7 Å². The summed E-state index contributed by atoms with van der Waals surface area (Å²) in [5.74, 6) is 3.38. The van der Waals surface area contributed by atoms with Gasteiger partial charge in [-0.05, 0) is 62.5 Å². The topological polar surface area (TPSA) is 65.3 Å². The molecular formula is C24H35N5O2. The van der Waals surface area contributed by atoms with Gasteiger partial charge in [-0.25, -0.2) is 0 Å². The second-order valence-electron chi connectivity index (χ2n) is 8.41. The zero-order valence-corrected chi connectivity index (χ0v) is 18.7. The van der Waals surface area contributed by atoms with Crippen molar-refractivity contribution >= 4 is 11.6 Å². The lowest BCUT2D eigenvalue weighted by Gasteiger charge is -2.27. The zero-order chi connectivity index (χ0) is 21.5. The lowest BCUT2D eigenvalue weighted by atomic mass is 10.1. The third-order valence-electron chi connectivity index (χ3n) is 6.40. The third kappa shape index (κ3) is 5.53. The summed E-state index contributed by atoms with van der Waals surface area (Å²) in [6, 6.07) is 12.6. The minimum atomic E-state index is 0.242. The SMILES string of the molecule is CN=C(NCC1CCN(c2cccc(OC)c2)C1)NCC(c1ccco1)N1CCCC1. The van der Waals surface area contributed by atoms with Gasteiger partial charge in [0.25, 0.3) is 0 Å². The number of rotatable bonds is 8. The maximum Gasteiger partial charge on any atom is 0.191 e. The normalized spacial score (nSPS) is 20.8. The number of hydrogen-bond acceptors (Lipinski definition) is 5. The van der Waals surface area contributed by atoms with Gasteiger partial charge in [0.05, 0.1) is 19.4 Å².